The van der Waals surface area contributed by atoms with Gasteiger partial charge in [0, 0.05) is 41.0 Å². The van der Waals surface area contributed by atoms with Crippen molar-refractivity contribution in [3.8, 4) is 0 Å². The third kappa shape index (κ3) is 2.96. The second-order valence-electron chi connectivity index (χ2n) is 10.1. The zero-order chi connectivity index (χ0) is 24.0. The van der Waals surface area contributed by atoms with E-state index >= 15 is 0 Å². The molecule has 2 fully saturated rings. The molecule has 34 heavy (non-hydrogen) atoms. The van der Waals surface area contributed by atoms with Gasteiger partial charge in [-0.15, -0.1) is 0 Å². The number of hydrogen-bond donors (Lipinski definition) is 1. The summed E-state index contributed by atoms with van der Waals surface area (Å²) in [7, 11) is -0.726. The number of amides is 1. The number of rotatable bonds is 2. The fourth-order valence-corrected chi connectivity index (χ4v) is 4.86. The Kier molecular flexibility index (Phi) is 4.36. The standard InChI is InChI=1S/C25H24BFN2O5/c1-24(2)25(3,4)34-26(33-24)16-11-15-19(12-18(16)29-9-5-6-20(29)30)32-22-14-8-7-13(27)10-17(14)28-23(31)21(15)22/h7-8,10-12H,5-6,9H2,1-4H3,(H,28,31). The Labute approximate surface area is 194 Å². The molecule has 0 aliphatic carbocycles. The van der Waals surface area contributed by atoms with Gasteiger partial charge in [0.05, 0.1) is 22.1 Å². The molecule has 4 heterocycles. The first-order valence-electron chi connectivity index (χ1n) is 11.4. The predicted molar refractivity (Wildman–Crippen MR) is 129 cm³/mol. The first-order chi connectivity index (χ1) is 16.1. The van der Waals surface area contributed by atoms with Crippen molar-refractivity contribution in [2.45, 2.75) is 51.7 Å². The van der Waals surface area contributed by atoms with E-state index in [-0.39, 0.29) is 11.5 Å². The molecule has 2 saturated heterocycles. The van der Waals surface area contributed by atoms with Gasteiger partial charge in [-0.3, -0.25) is 9.59 Å². The second-order valence-corrected chi connectivity index (χ2v) is 10.1. The molecule has 7 nitrogen and oxygen atoms in total. The zero-order valence-corrected chi connectivity index (χ0v) is 19.5. The normalized spacial score (nSPS) is 19.9. The number of benzene rings is 2. The van der Waals surface area contributed by atoms with E-state index in [2.05, 4.69) is 4.98 Å². The van der Waals surface area contributed by atoms with Crippen LogP contribution in [0.15, 0.2) is 39.5 Å². The van der Waals surface area contributed by atoms with Gasteiger partial charge in [-0.1, -0.05) is 0 Å². The van der Waals surface area contributed by atoms with E-state index in [0.717, 1.165) is 6.42 Å². The zero-order valence-electron chi connectivity index (χ0n) is 19.5. The maximum absolute atomic E-state index is 13.8. The molecular weight excluding hydrogens is 438 g/mol. The Balaban J connectivity index is 1.65. The highest BCUT2D eigenvalue weighted by Crippen LogP contribution is 2.39. The van der Waals surface area contributed by atoms with Gasteiger partial charge in [0.2, 0.25) is 5.91 Å². The van der Waals surface area contributed by atoms with E-state index in [1.807, 2.05) is 33.8 Å². The Morgan fingerprint density at radius 3 is 2.44 bits per heavy atom. The fraction of sp³-hybridized carbons (Fsp3) is 0.360. The lowest BCUT2D eigenvalue weighted by atomic mass is 9.76. The minimum Gasteiger partial charge on any atom is -0.455 e. The van der Waals surface area contributed by atoms with Crippen LogP contribution in [0.5, 0.6) is 0 Å². The molecule has 2 aromatic carbocycles. The van der Waals surface area contributed by atoms with Crippen molar-refractivity contribution >= 4 is 57.0 Å². The fourth-order valence-electron chi connectivity index (χ4n) is 4.86. The molecule has 0 spiro atoms. The molecule has 9 heteroatoms. The summed E-state index contributed by atoms with van der Waals surface area (Å²) in [6.45, 7) is 8.45. The number of anilines is 1. The number of carbonyl (C=O) groups is 1. The van der Waals surface area contributed by atoms with Crippen molar-refractivity contribution in [3.05, 3.63) is 46.5 Å². The van der Waals surface area contributed by atoms with Crippen molar-refractivity contribution in [2.24, 2.45) is 0 Å². The Bertz CT molecular complexity index is 1550. The van der Waals surface area contributed by atoms with Crippen LogP contribution in [-0.4, -0.2) is 35.8 Å². The largest absolute Gasteiger partial charge is 0.497 e. The molecule has 0 bridgehead atoms. The monoisotopic (exact) mass is 462 g/mol. The lowest BCUT2D eigenvalue weighted by molar-refractivity contribution is -0.117. The van der Waals surface area contributed by atoms with Crippen LogP contribution in [0.2, 0.25) is 0 Å². The van der Waals surface area contributed by atoms with Gasteiger partial charge >= 0.3 is 7.12 Å². The van der Waals surface area contributed by atoms with E-state index in [4.69, 9.17) is 13.7 Å². The second kappa shape index (κ2) is 6.93. The van der Waals surface area contributed by atoms with Gasteiger partial charge in [-0.2, -0.15) is 0 Å². The van der Waals surface area contributed by atoms with E-state index < -0.39 is 24.1 Å². The number of furan rings is 1. The average molecular weight is 462 g/mol. The molecule has 0 saturated carbocycles. The SMILES string of the molecule is CC1(C)OB(c2cc3c(cc2N2CCCC2=O)oc2c4ccc(F)cc4[nH]c(=O)c32)OC1(C)C. The number of nitrogens with one attached hydrogen (secondary N) is 1. The molecule has 2 aliphatic rings. The Hall–Kier alpha value is -3.17. The summed E-state index contributed by atoms with van der Waals surface area (Å²) in [5.41, 5.74) is 0.992. The van der Waals surface area contributed by atoms with Crippen LogP contribution in [-0.2, 0) is 14.1 Å². The topological polar surface area (TPSA) is 84.8 Å². The number of nitrogens with zero attached hydrogens (tertiary/aromatic N) is 1. The molecule has 0 unspecified atom stereocenters. The van der Waals surface area contributed by atoms with Gasteiger partial charge in [0.25, 0.3) is 5.56 Å². The summed E-state index contributed by atoms with van der Waals surface area (Å²) in [6, 6.07) is 7.80. The third-order valence-electron chi connectivity index (χ3n) is 7.41. The number of fused-ring (bicyclic) bond motifs is 5. The molecular formula is C25H24BFN2O5. The van der Waals surface area contributed by atoms with Gasteiger partial charge < -0.3 is 23.6 Å². The molecule has 1 N–H and O–H groups in total. The van der Waals surface area contributed by atoms with Crippen LogP contribution in [0.4, 0.5) is 10.1 Å². The predicted octanol–water partition coefficient (Wildman–Crippen LogP) is 3.99. The number of aromatic nitrogens is 1. The number of H-pyrrole nitrogens is 1. The van der Waals surface area contributed by atoms with Crippen molar-refractivity contribution in [1.82, 2.24) is 4.98 Å². The molecule has 0 radical (unpaired) electrons. The highest BCUT2D eigenvalue weighted by Gasteiger charge is 2.53. The molecule has 174 valence electrons. The average Bonchev–Trinajstić information content (AvgIpc) is 3.40. The Morgan fingerprint density at radius 2 is 1.76 bits per heavy atom. The van der Waals surface area contributed by atoms with E-state index in [9.17, 15) is 14.0 Å². The highest BCUT2D eigenvalue weighted by molar-refractivity contribution is 6.64. The summed E-state index contributed by atoms with van der Waals surface area (Å²) >= 11 is 0. The van der Waals surface area contributed by atoms with Crippen molar-refractivity contribution in [1.29, 1.82) is 0 Å². The lowest BCUT2D eigenvalue weighted by Gasteiger charge is -2.32. The summed E-state index contributed by atoms with van der Waals surface area (Å²) in [5.74, 6) is -0.427. The van der Waals surface area contributed by atoms with Gasteiger partial charge in [0.1, 0.15) is 17.0 Å². The van der Waals surface area contributed by atoms with Crippen molar-refractivity contribution < 1.29 is 22.9 Å². The number of pyridine rings is 1. The van der Waals surface area contributed by atoms with E-state index in [0.29, 0.717) is 57.0 Å². The van der Waals surface area contributed by atoms with Gasteiger partial charge in [-0.25, -0.2) is 4.39 Å². The number of carbonyl (C=O) groups excluding carboxylic acids is 1. The van der Waals surface area contributed by atoms with Crippen LogP contribution in [0.1, 0.15) is 40.5 Å². The van der Waals surface area contributed by atoms with E-state index in [1.54, 1.807) is 17.0 Å². The quantitative estimate of drug-likeness (QED) is 0.456. The number of halogens is 1. The first-order valence-corrected chi connectivity index (χ1v) is 11.4. The minimum absolute atomic E-state index is 0.0204. The summed E-state index contributed by atoms with van der Waals surface area (Å²) in [6.07, 6.45) is 1.23. The Morgan fingerprint density at radius 1 is 1.03 bits per heavy atom. The maximum atomic E-state index is 13.8. The maximum Gasteiger partial charge on any atom is 0.497 e. The summed E-state index contributed by atoms with van der Waals surface area (Å²) in [4.78, 5) is 30.2. The van der Waals surface area contributed by atoms with Crippen LogP contribution in [0, 0.1) is 5.82 Å². The van der Waals surface area contributed by atoms with Crippen LogP contribution < -0.4 is 15.9 Å². The first kappa shape index (κ1) is 21.4. The van der Waals surface area contributed by atoms with Gasteiger partial charge in [0.15, 0.2) is 0 Å². The molecule has 1 amide bonds. The number of aromatic amines is 1. The molecule has 0 atom stereocenters. The highest BCUT2D eigenvalue weighted by atomic mass is 19.1. The van der Waals surface area contributed by atoms with Gasteiger partial charge in [-0.05, 0) is 58.4 Å². The van der Waals surface area contributed by atoms with Crippen molar-refractivity contribution in [2.75, 3.05) is 11.4 Å². The number of hydrogen-bond acceptors (Lipinski definition) is 5. The summed E-state index contributed by atoms with van der Waals surface area (Å²) in [5, 5.41) is 1.55. The third-order valence-corrected chi connectivity index (χ3v) is 7.41. The molecule has 2 aliphatic heterocycles. The minimum atomic E-state index is -0.726. The van der Waals surface area contributed by atoms with Crippen LogP contribution in [0.25, 0.3) is 32.8 Å². The van der Waals surface area contributed by atoms with Crippen LogP contribution in [0.3, 0.4) is 0 Å². The molecule has 6 rings (SSSR count). The summed E-state index contributed by atoms with van der Waals surface area (Å²) < 4.78 is 32.6. The smallest absolute Gasteiger partial charge is 0.455 e. The van der Waals surface area contributed by atoms with E-state index in [1.165, 1.54) is 12.1 Å². The lowest BCUT2D eigenvalue weighted by Crippen LogP contribution is -2.41. The van der Waals surface area contributed by atoms with Crippen LogP contribution >= 0.6 is 0 Å². The molecule has 4 aromatic rings. The van der Waals surface area contributed by atoms with Crippen molar-refractivity contribution in [3.63, 3.8) is 0 Å². The molecule has 2 aromatic heterocycles.